The summed E-state index contributed by atoms with van der Waals surface area (Å²) in [6.07, 6.45) is 0. The monoisotopic (exact) mass is 344 g/mol. The summed E-state index contributed by atoms with van der Waals surface area (Å²) < 4.78 is 27.7. The first kappa shape index (κ1) is 17.1. The van der Waals surface area contributed by atoms with Crippen LogP contribution >= 0.6 is 0 Å². The van der Waals surface area contributed by atoms with Crippen molar-refractivity contribution >= 4 is 11.9 Å². The second-order valence-corrected chi connectivity index (χ2v) is 6.50. The molecule has 1 aliphatic rings. The van der Waals surface area contributed by atoms with Gasteiger partial charge in [-0.15, -0.1) is 0 Å². The Morgan fingerprint density at radius 3 is 2.52 bits per heavy atom. The second kappa shape index (κ2) is 5.95. The molecule has 0 unspecified atom stereocenters. The maximum absolute atomic E-state index is 14.1. The molecule has 0 aromatic heterocycles. The van der Waals surface area contributed by atoms with E-state index in [1.165, 1.54) is 6.92 Å². The number of nitrogens with one attached hydrogen (secondary N) is 1. The number of aryl methyl sites for hydroxylation is 2. The minimum Gasteiger partial charge on any atom is -0.319 e. The molecule has 0 saturated carbocycles. The van der Waals surface area contributed by atoms with E-state index in [0.29, 0.717) is 0 Å². The van der Waals surface area contributed by atoms with Crippen molar-refractivity contribution in [3.8, 4) is 0 Å². The van der Waals surface area contributed by atoms with Gasteiger partial charge in [0.1, 0.15) is 17.2 Å². The van der Waals surface area contributed by atoms with Crippen molar-refractivity contribution in [1.82, 2.24) is 10.2 Å². The van der Waals surface area contributed by atoms with Gasteiger partial charge in [0.2, 0.25) is 0 Å². The van der Waals surface area contributed by atoms with Gasteiger partial charge in [-0.1, -0.05) is 23.8 Å². The minimum absolute atomic E-state index is 0.0741. The molecule has 3 rings (SSSR count). The number of imide groups is 1. The van der Waals surface area contributed by atoms with Crippen molar-refractivity contribution in [1.29, 1.82) is 0 Å². The van der Waals surface area contributed by atoms with Crippen LogP contribution in [-0.2, 0) is 16.9 Å². The number of halogens is 2. The Morgan fingerprint density at radius 1 is 1.08 bits per heavy atom. The number of rotatable bonds is 3. The van der Waals surface area contributed by atoms with Crippen LogP contribution in [0.3, 0.4) is 0 Å². The van der Waals surface area contributed by atoms with Gasteiger partial charge >= 0.3 is 6.03 Å². The lowest BCUT2D eigenvalue weighted by Crippen LogP contribution is -2.41. The molecule has 1 N–H and O–H groups in total. The summed E-state index contributed by atoms with van der Waals surface area (Å²) in [6.45, 7) is 5.26. The average Bonchev–Trinajstić information content (AvgIpc) is 2.77. The molecule has 3 amide bonds. The van der Waals surface area contributed by atoms with Crippen LogP contribution in [0.4, 0.5) is 13.6 Å². The molecular formula is C19H18F2N2O2. The van der Waals surface area contributed by atoms with Crippen molar-refractivity contribution in [3.63, 3.8) is 0 Å². The van der Waals surface area contributed by atoms with Crippen LogP contribution in [0.2, 0.25) is 0 Å². The van der Waals surface area contributed by atoms with Gasteiger partial charge in [-0.25, -0.2) is 13.6 Å². The highest BCUT2D eigenvalue weighted by Gasteiger charge is 2.50. The molecule has 1 fully saturated rings. The molecule has 0 radical (unpaired) electrons. The summed E-state index contributed by atoms with van der Waals surface area (Å²) in [7, 11) is 0. The molecule has 1 atom stereocenters. The molecule has 130 valence electrons. The minimum atomic E-state index is -1.64. The van der Waals surface area contributed by atoms with Gasteiger partial charge < -0.3 is 5.32 Å². The highest BCUT2D eigenvalue weighted by Crippen LogP contribution is 2.32. The highest BCUT2D eigenvalue weighted by molar-refractivity contribution is 6.07. The van der Waals surface area contributed by atoms with Gasteiger partial charge in [0.15, 0.2) is 0 Å². The van der Waals surface area contributed by atoms with E-state index in [-0.39, 0.29) is 12.1 Å². The van der Waals surface area contributed by atoms with E-state index in [9.17, 15) is 18.4 Å². The maximum Gasteiger partial charge on any atom is 0.325 e. The van der Waals surface area contributed by atoms with Gasteiger partial charge in [-0.2, -0.15) is 0 Å². The number of carbonyl (C=O) groups is 2. The Bertz CT molecular complexity index is 882. The highest BCUT2D eigenvalue weighted by atomic mass is 19.1. The fraction of sp³-hybridized carbons (Fsp3) is 0.263. The Balaban J connectivity index is 1.97. The zero-order chi connectivity index (χ0) is 18.4. The first-order valence-corrected chi connectivity index (χ1v) is 7.88. The van der Waals surface area contributed by atoms with Crippen molar-refractivity contribution in [3.05, 3.63) is 70.3 Å². The number of amides is 3. The number of hydrogen-bond acceptors (Lipinski definition) is 2. The number of urea groups is 1. The predicted molar refractivity (Wildman–Crippen MR) is 88.7 cm³/mol. The largest absolute Gasteiger partial charge is 0.325 e. The molecule has 0 aliphatic carbocycles. The van der Waals surface area contributed by atoms with Crippen LogP contribution in [0.5, 0.6) is 0 Å². The topological polar surface area (TPSA) is 49.4 Å². The molecule has 2 aromatic carbocycles. The Labute approximate surface area is 144 Å². The first-order chi connectivity index (χ1) is 11.7. The normalized spacial score (nSPS) is 20.1. The molecule has 6 heteroatoms. The summed E-state index contributed by atoms with van der Waals surface area (Å²) >= 11 is 0. The van der Waals surface area contributed by atoms with Crippen molar-refractivity contribution < 1.29 is 18.4 Å². The van der Waals surface area contributed by atoms with Gasteiger partial charge in [-0.3, -0.25) is 9.69 Å². The van der Waals surface area contributed by atoms with Crippen LogP contribution in [0, 0.1) is 25.5 Å². The molecular weight excluding hydrogens is 326 g/mol. The van der Waals surface area contributed by atoms with Crippen molar-refractivity contribution in [2.75, 3.05) is 0 Å². The Hall–Kier alpha value is -2.76. The Kier molecular flexibility index (Phi) is 4.06. The van der Waals surface area contributed by atoms with E-state index in [0.717, 1.165) is 39.8 Å². The lowest BCUT2D eigenvalue weighted by Gasteiger charge is -2.23. The molecule has 1 saturated heterocycles. The van der Waals surface area contributed by atoms with E-state index in [1.807, 2.05) is 32.0 Å². The maximum atomic E-state index is 14.1. The Morgan fingerprint density at radius 2 is 1.80 bits per heavy atom. The molecule has 2 aromatic rings. The van der Waals surface area contributed by atoms with Crippen LogP contribution in [0.1, 0.15) is 29.2 Å². The number of nitrogens with zero attached hydrogens (tertiary/aromatic N) is 1. The number of benzene rings is 2. The van der Waals surface area contributed by atoms with E-state index >= 15 is 0 Å². The third kappa shape index (κ3) is 2.88. The third-order valence-electron chi connectivity index (χ3n) is 4.58. The van der Waals surface area contributed by atoms with E-state index in [4.69, 9.17) is 0 Å². The fourth-order valence-corrected chi connectivity index (χ4v) is 3.04. The predicted octanol–water partition coefficient (Wildman–Crippen LogP) is 3.55. The van der Waals surface area contributed by atoms with Crippen LogP contribution < -0.4 is 5.32 Å². The third-order valence-corrected chi connectivity index (χ3v) is 4.58. The SMILES string of the molecule is Cc1ccc(C)c(CN2C(=O)N[C@@](C)(c3cc(F)ccc3F)C2=O)c1. The summed E-state index contributed by atoms with van der Waals surface area (Å²) in [6, 6.07) is 7.98. The first-order valence-electron chi connectivity index (χ1n) is 7.88. The van der Waals surface area contributed by atoms with Crippen LogP contribution in [-0.4, -0.2) is 16.8 Å². The zero-order valence-corrected chi connectivity index (χ0v) is 14.2. The molecule has 4 nitrogen and oxygen atoms in total. The van der Waals surface area contributed by atoms with Gasteiger partial charge in [-0.05, 0) is 50.1 Å². The second-order valence-electron chi connectivity index (χ2n) is 6.50. The van der Waals surface area contributed by atoms with E-state index < -0.39 is 29.1 Å². The molecule has 0 bridgehead atoms. The van der Waals surface area contributed by atoms with Crippen LogP contribution in [0.15, 0.2) is 36.4 Å². The van der Waals surface area contributed by atoms with Gasteiger partial charge in [0, 0.05) is 5.56 Å². The zero-order valence-electron chi connectivity index (χ0n) is 14.2. The van der Waals surface area contributed by atoms with Gasteiger partial charge in [0.05, 0.1) is 6.54 Å². The lowest BCUT2D eigenvalue weighted by atomic mass is 9.91. The molecule has 25 heavy (non-hydrogen) atoms. The fourth-order valence-electron chi connectivity index (χ4n) is 3.04. The van der Waals surface area contributed by atoms with Gasteiger partial charge in [0.25, 0.3) is 5.91 Å². The molecule has 1 aliphatic heterocycles. The summed E-state index contributed by atoms with van der Waals surface area (Å²) in [5.74, 6) is -2.03. The number of hydrogen-bond donors (Lipinski definition) is 1. The van der Waals surface area contributed by atoms with E-state index in [2.05, 4.69) is 5.32 Å². The summed E-state index contributed by atoms with van der Waals surface area (Å²) in [5.41, 5.74) is 0.950. The van der Waals surface area contributed by atoms with Crippen molar-refractivity contribution in [2.24, 2.45) is 0 Å². The summed E-state index contributed by atoms with van der Waals surface area (Å²) in [4.78, 5) is 26.2. The van der Waals surface area contributed by atoms with E-state index in [1.54, 1.807) is 0 Å². The molecule has 0 spiro atoms. The smallest absolute Gasteiger partial charge is 0.319 e. The van der Waals surface area contributed by atoms with Crippen molar-refractivity contribution in [2.45, 2.75) is 32.9 Å². The summed E-state index contributed by atoms with van der Waals surface area (Å²) in [5, 5.41) is 2.50. The standard InChI is InChI=1S/C19H18F2N2O2/c1-11-4-5-12(2)13(8-11)10-23-17(24)19(3,22-18(23)25)15-9-14(20)6-7-16(15)21/h4-9H,10H2,1-3H3,(H,22,25)/t19-/m0/s1. The number of carbonyl (C=O) groups excluding carboxylic acids is 2. The molecule has 1 heterocycles. The quantitative estimate of drug-likeness (QED) is 0.866. The van der Waals surface area contributed by atoms with Crippen LogP contribution in [0.25, 0.3) is 0 Å². The average molecular weight is 344 g/mol. The lowest BCUT2D eigenvalue weighted by molar-refractivity contribution is -0.131.